The zero-order valence-electron chi connectivity index (χ0n) is 18.8. The molecule has 0 amide bonds. The largest absolute Gasteiger partial charge is 0.388 e. The third-order valence-electron chi connectivity index (χ3n) is 6.17. The highest BCUT2D eigenvalue weighted by Gasteiger charge is 2.33. The van der Waals surface area contributed by atoms with Gasteiger partial charge in [0.15, 0.2) is 0 Å². The van der Waals surface area contributed by atoms with Gasteiger partial charge in [0.1, 0.15) is 0 Å². The summed E-state index contributed by atoms with van der Waals surface area (Å²) in [5, 5.41) is 9.30. The molecule has 4 aromatic carbocycles. The Morgan fingerprint density at radius 3 is 2.22 bits per heavy atom. The number of nitrogens with one attached hydrogen (secondary N) is 2. The van der Waals surface area contributed by atoms with Crippen LogP contribution in [0.1, 0.15) is 18.1 Å². The number of allylic oxidation sites excluding steroid dienone is 2. The van der Waals surface area contributed by atoms with Gasteiger partial charge in [0.25, 0.3) is 0 Å². The van der Waals surface area contributed by atoms with Crippen molar-refractivity contribution in [2.45, 2.75) is 18.8 Å². The van der Waals surface area contributed by atoms with E-state index in [4.69, 9.17) is 0 Å². The van der Waals surface area contributed by atoms with Crippen molar-refractivity contribution in [1.29, 1.82) is 0 Å². The van der Waals surface area contributed by atoms with Crippen molar-refractivity contribution >= 4 is 22.1 Å². The molecule has 2 heteroatoms. The maximum atomic E-state index is 4.56. The van der Waals surface area contributed by atoms with Crippen molar-refractivity contribution in [3.8, 4) is 0 Å². The Hall–Kier alpha value is -3.78. The van der Waals surface area contributed by atoms with Gasteiger partial charge >= 0.3 is 0 Å². The van der Waals surface area contributed by atoms with E-state index in [-0.39, 0.29) is 5.41 Å². The van der Waals surface area contributed by atoms with E-state index in [2.05, 4.69) is 109 Å². The van der Waals surface area contributed by atoms with Crippen molar-refractivity contribution < 1.29 is 0 Å². The van der Waals surface area contributed by atoms with Gasteiger partial charge in [-0.15, -0.1) is 0 Å². The minimum atomic E-state index is -0.310. The van der Waals surface area contributed by atoms with E-state index in [0.29, 0.717) is 0 Å². The van der Waals surface area contributed by atoms with Gasteiger partial charge in [-0.3, -0.25) is 0 Å². The average molecular weight is 419 g/mol. The van der Waals surface area contributed by atoms with Crippen LogP contribution >= 0.6 is 0 Å². The van der Waals surface area contributed by atoms with Gasteiger partial charge in [0, 0.05) is 30.0 Å². The van der Waals surface area contributed by atoms with Crippen LogP contribution in [0, 0.1) is 0 Å². The summed E-state index contributed by atoms with van der Waals surface area (Å²) in [5.41, 5.74) is 5.50. The Morgan fingerprint density at radius 1 is 0.844 bits per heavy atom. The molecule has 0 aliphatic heterocycles. The Bertz CT molecular complexity index is 1230. The van der Waals surface area contributed by atoms with E-state index >= 15 is 0 Å². The standard InChI is InChI=1S/C30H30N2/c1-23(20-21-32-26-15-8-5-9-16-26)30(2,22-24-12-6-4-7-13-24)29-27-17-11-10-14-25(27)18-19-28(29)31-3/h4-21,31-32H,1,22H2,2-3H3/b21-20+. The molecule has 0 fully saturated rings. The topological polar surface area (TPSA) is 24.1 Å². The maximum absolute atomic E-state index is 4.56. The van der Waals surface area contributed by atoms with E-state index in [9.17, 15) is 0 Å². The molecule has 0 spiro atoms. The third-order valence-corrected chi connectivity index (χ3v) is 6.17. The number of rotatable bonds is 8. The van der Waals surface area contributed by atoms with Crippen molar-refractivity contribution in [3.63, 3.8) is 0 Å². The molecular formula is C30H30N2. The first-order valence-electron chi connectivity index (χ1n) is 11.0. The van der Waals surface area contributed by atoms with Gasteiger partial charge in [-0.05, 0) is 58.2 Å². The lowest BCUT2D eigenvalue weighted by molar-refractivity contribution is 0.574. The highest BCUT2D eigenvalue weighted by atomic mass is 14.8. The molecule has 0 heterocycles. The minimum Gasteiger partial charge on any atom is -0.388 e. The van der Waals surface area contributed by atoms with Crippen LogP contribution < -0.4 is 10.6 Å². The second kappa shape index (κ2) is 9.57. The Kier molecular flexibility index (Phi) is 6.42. The first-order chi connectivity index (χ1) is 15.6. The predicted molar refractivity (Wildman–Crippen MR) is 139 cm³/mol. The molecule has 32 heavy (non-hydrogen) atoms. The molecular weight excluding hydrogens is 388 g/mol. The molecule has 0 saturated heterocycles. The highest BCUT2D eigenvalue weighted by molar-refractivity contribution is 5.92. The minimum absolute atomic E-state index is 0.310. The molecule has 2 N–H and O–H groups in total. The van der Waals surface area contributed by atoms with Crippen LogP contribution in [0.15, 0.2) is 121 Å². The third kappa shape index (κ3) is 4.45. The van der Waals surface area contributed by atoms with Crippen LogP contribution in [0.5, 0.6) is 0 Å². The van der Waals surface area contributed by atoms with Crippen LogP contribution in [0.2, 0.25) is 0 Å². The quantitative estimate of drug-likeness (QED) is 0.288. The van der Waals surface area contributed by atoms with Crippen LogP contribution in [-0.4, -0.2) is 7.05 Å². The molecule has 0 radical (unpaired) electrons. The number of fused-ring (bicyclic) bond motifs is 1. The fourth-order valence-electron chi connectivity index (χ4n) is 4.40. The molecule has 160 valence electrons. The molecule has 1 unspecified atom stereocenters. The SMILES string of the molecule is C=C(/C=C/Nc1ccccc1)C(C)(Cc1ccccc1)c1c(NC)ccc2ccccc12. The van der Waals surface area contributed by atoms with E-state index < -0.39 is 0 Å². The van der Waals surface area contributed by atoms with Gasteiger partial charge in [0.2, 0.25) is 0 Å². The van der Waals surface area contributed by atoms with E-state index in [1.807, 2.05) is 31.4 Å². The van der Waals surface area contributed by atoms with Crippen molar-refractivity contribution in [2.75, 3.05) is 17.7 Å². The van der Waals surface area contributed by atoms with Crippen LogP contribution in [0.4, 0.5) is 11.4 Å². The van der Waals surface area contributed by atoms with Crippen LogP contribution in [-0.2, 0) is 11.8 Å². The summed E-state index contributed by atoms with van der Waals surface area (Å²) in [7, 11) is 1.99. The summed E-state index contributed by atoms with van der Waals surface area (Å²) in [6.07, 6.45) is 4.95. The second-order valence-electron chi connectivity index (χ2n) is 8.32. The molecule has 4 rings (SSSR count). The van der Waals surface area contributed by atoms with E-state index in [1.165, 1.54) is 21.9 Å². The zero-order valence-corrected chi connectivity index (χ0v) is 18.8. The van der Waals surface area contributed by atoms with Gasteiger partial charge in [0.05, 0.1) is 0 Å². The lowest BCUT2D eigenvalue weighted by Gasteiger charge is -2.34. The molecule has 0 aromatic heterocycles. The fraction of sp³-hybridized carbons (Fsp3) is 0.133. The molecule has 0 bridgehead atoms. The predicted octanol–water partition coefficient (Wildman–Crippen LogP) is 7.56. The molecule has 2 nitrogen and oxygen atoms in total. The molecule has 0 aliphatic rings. The summed E-state index contributed by atoms with van der Waals surface area (Å²) in [6, 6.07) is 33.8. The normalized spacial score (nSPS) is 13.1. The highest BCUT2D eigenvalue weighted by Crippen LogP contribution is 2.43. The van der Waals surface area contributed by atoms with Crippen LogP contribution in [0.3, 0.4) is 0 Å². The van der Waals surface area contributed by atoms with Crippen LogP contribution in [0.25, 0.3) is 10.8 Å². The number of anilines is 2. The van der Waals surface area contributed by atoms with E-state index in [1.54, 1.807) is 0 Å². The lowest BCUT2D eigenvalue weighted by atomic mass is 9.70. The summed E-state index contributed by atoms with van der Waals surface area (Å²) >= 11 is 0. The lowest BCUT2D eigenvalue weighted by Crippen LogP contribution is -2.28. The Morgan fingerprint density at radius 2 is 1.50 bits per heavy atom. The number of hydrogen-bond acceptors (Lipinski definition) is 2. The van der Waals surface area contributed by atoms with Gasteiger partial charge in [-0.25, -0.2) is 0 Å². The summed E-state index contributed by atoms with van der Waals surface area (Å²) in [4.78, 5) is 0. The molecule has 0 aliphatic carbocycles. The maximum Gasteiger partial charge on any atom is 0.0385 e. The summed E-state index contributed by atoms with van der Waals surface area (Å²) in [6.45, 7) is 6.86. The first kappa shape index (κ1) is 21.5. The molecule has 1 atom stereocenters. The second-order valence-corrected chi connectivity index (χ2v) is 8.32. The fourth-order valence-corrected chi connectivity index (χ4v) is 4.40. The average Bonchev–Trinajstić information content (AvgIpc) is 2.84. The summed E-state index contributed by atoms with van der Waals surface area (Å²) < 4.78 is 0. The number of para-hydroxylation sites is 1. The van der Waals surface area contributed by atoms with Gasteiger partial charge in [-0.1, -0.05) is 92.4 Å². The Labute approximate surface area is 191 Å². The van der Waals surface area contributed by atoms with Gasteiger partial charge in [-0.2, -0.15) is 0 Å². The van der Waals surface area contributed by atoms with Crippen molar-refractivity contribution in [3.05, 3.63) is 133 Å². The van der Waals surface area contributed by atoms with Crippen molar-refractivity contribution in [2.24, 2.45) is 0 Å². The van der Waals surface area contributed by atoms with E-state index in [0.717, 1.165) is 23.4 Å². The molecule has 0 saturated carbocycles. The van der Waals surface area contributed by atoms with Gasteiger partial charge < -0.3 is 10.6 Å². The Balaban J connectivity index is 1.80. The molecule has 4 aromatic rings. The monoisotopic (exact) mass is 418 g/mol. The summed E-state index contributed by atoms with van der Waals surface area (Å²) in [5.74, 6) is 0. The number of benzene rings is 4. The number of hydrogen-bond donors (Lipinski definition) is 2. The van der Waals surface area contributed by atoms with Crippen molar-refractivity contribution in [1.82, 2.24) is 0 Å². The smallest absolute Gasteiger partial charge is 0.0385 e. The first-order valence-corrected chi connectivity index (χ1v) is 11.0. The zero-order chi connectivity index (χ0) is 22.4.